The first kappa shape index (κ1) is 66.1. The first-order valence-corrected chi connectivity index (χ1v) is 28.9. The van der Waals surface area contributed by atoms with Crippen LogP contribution in [0.25, 0.3) is 0 Å². The summed E-state index contributed by atoms with van der Waals surface area (Å²) in [4.78, 5) is 13.2. The maximum absolute atomic E-state index is 13.2. The summed E-state index contributed by atoms with van der Waals surface area (Å²) < 4.78 is 22.7. The summed E-state index contributed by atoms with van der Waals surface area (Å²) in [5.41, 5.74) is 0. The first-order valence-electron chi connectivity index (χ1n) is 28.9. The highest BCUT2D eigenvalue weighted by Crippen LogP contribution is 2.30. The van der Waals surface area contributed by atoms with Gasteiger partial charge in [-0.2, -0.15) is 0 Å². The molecule has 9 N–H and O–H groups in total. The summed E-state index contributed by atoms with van der Waals surface area (Å²) in [5.74, 6) is -0.255. The molecule has 14 nitrogen and oxygen atoms in total. The molecular weight excluding hydrogens is 919 g/mol. The molecule has 0 saturated carbocycles. The molecular formula is C58H105NO13. The molecule has 0 aliphatic carbocycles. The van der Waals surface area contributed by atoms with Gasteiger partial charge < -0.3 is 65.1 Å². The number of unbranched alkanes of at least 4 members (excludes halogenated alkanes) is 26. The van der Waals surface area contributed by atoms with Crippen LogP contribution in [0.15, 0.2) is 48.6 Å². The summed E-state index contributed by atoms with van der Waals surface area (Å²) in [7, 11) is 0. The van der Waals surface area contributed by atoms with Crippen molar-refractivity contribution in [1.29, 1.82) is 0 Å². The van der Waals surface area contributed by atoms with E-state index in [1.807, 2.05) is 6.08 Å². The minimum Gasteiger partial charge on any atom is -0.394 e. The van der Waals surface area contributed by atoms with Gasteiger partial charge in [0.05, 0.1) is 32.0 Å². The predicted octanol–water partition coefficient (Wildman–Crippen LogP) is 9.22. The van der Waals surface area contributed by atoms with Gasteiger partial charge in [-0.05, 0) is 64.2 Å². The molecule has 14 heteroatoms. The number of allylic oxidation sites excluding steroid dienone is 7. The Morgan fingerprint density at radius 2 is 0.917 bits per heavy atom. The second-order valence-corrected chi connectivity index (χ2v) is 20.4. The Hall–Kier alpha value is -2.05. The predicted molar refractivity (Wildman–Crippen MR) is 286 cm³/mol. The number of carbonyl (C=O) groups is 1. The van der Waals surface area contributed by atoms with Crippen LogP contribution >= 0.6 is 0 Å². The van der Waals surface area contributed by atoms with Crippen molar-refractivity contribution in [2.75, 3.05) is 19.8 Å². The summed E-state index contributed by atoms with van der Waals surface area (Å²) in [6, 6.07) is -0.936. The Balaban J connectivity index is 1.70. The minimum absolute atomic E-state index is 0.255. The van der Waals surface area contributed by atoms with Crippen LogP contribution in [0, 0.1) is 0 Å². The maximum atomic E-state index is 13.2. The van der Waals surface area contributed by atoms with E-state index in [-0.39, 0.29) is 18.9 Å². The fraction of sp³-hybridized carbons (Fsp3) is 0.845. The molecule has 420 valence electrons. The average Bonchev–Trinajstić information content (AvgIpc) is 3.38. The van der Waals surface area contributed by atoms with Crippen molar-refractivity contribution >= 4 is 5.91 Å². The van der Waals surface area contributed by atoms with Crippen LogP contribution in [-0.4, -0.2) is 140 Å². The van der Waals surface area contributed by atoms with Crippen LogP contribution in [0.4, 0.5) is 0 Å². The highest BCUT2D eigenvalue weighted by Gasteiger charge is 2.51. The van der Waals surface area contributed by atoms with Gasteiger partial charge in [0.2, 0.25) is 5.91 Å². The molecule has 1 amide bonds. The van der Waals surface area contributed by atoms with Crippen molar-refractivity contribution < 1.29 is 64.6 Å². The van der Waals surface area contributed by atoms with Crippen LogP contribution in [0.1, 0.15) is 219 Å². The molecule has 0 aromatic rings. The van der Waals surface area contributed by atoms with Crippen LogP contribution < -0.4 is 5.32 Å². The second kappa shape index (κ2) is 44.1. The number of aliphatic hydroxyl groups excluding tert-OH is 8. The molecule has 2 fully saturated rings. The lowest BCUT2D eigenvalue weighted by Crippen LogP contribution is -2.65. The molecule has 0 radical (unpaired) electrons. The lowest BCUT2D eigenvalue weighted by molar-refractivity contribution is -0.359. The van der Waals surface area contributed by atoms with E-state index in [9.17, 15) is 45.6 Å². The first-order chi connectivity index (χ1) is 35.1. The van der Waals surface area contributed by atoms with Crippen molar-refractivity contribution in [1.82, 2.24) is 5.32 Å². The van der Waals surface area contributed by atoms with E-state index in [0.29, 0.717) is 12.8 Å². The molecule has 0 bridgehead atoms. The van der Waals surface area contributed by atoms with Crippen LogP contribution in [-0.2, 0) is 23.7 Å². The van der Waals surface area contributed by atoms with Crippen molar-refractivity contribution in [3.05, 3.63) is 48.6 Å². The van der Waals surface area contributed by atoms with E-state index >= 15 is 0 Å². The molecule has 0 aromatic carbocycles. The lowest BCUT2D eigenvalue weighted by Gasteiger charge is -2.46. The van der Waals surface area contributed by atoms with Crippen LogP contribution in [0.3, 0.4) is 0 Å². The second-order valence-electron chi connectivity index (χ2n) is 20.4. The van der Waals surface area contributed by atoms with Crippen molar-refractivity contribution in [3.8, 4) is 0 Å². The SMILES string of the molecule is CCC/C=C/CC/C=C/CC/C=C/C(O)C(COC1OC(CO)C(OC2OC(CO)C(O)C(O)C2O)C(O)C1O)NC(=O)CCCCCCCCCCCCCCCCC/C=C\CCCCCCCCCC. The summed E-state index contributed by atoms with van der Waals surface area (Å²) in [6.07, 6.45) is 37.5. The molecule has 2 heterocycles. The van der Waals surface area contributed by atoms with Gasteiger partial charge in [0.25, 0.3) is 0 Å². The molecule has 2 rings (SSSR count). The normalized spacial score (nSPS) is 25.9. The molecule has 2 aliphatic rings. The molecule has 2 saturated heterocycles. The molecule has 2 aliphatic heterocycles. The van der Waals surface area contributed by atoms with Gasteiger partial charge in [-0.25, -0.2) is 0 Å². The Kier molecular flexibility index (Phi) is 40.5. The third-order valence-electron chi connectivity index (χ3n) is 13.9. The number of rotatable bonds is 45. The fourth-order valence-electron chi connectivity index (χ4n) is 9.27. The van der Waals surface area contributed by atoms with Crippen LogP contribution in [0.2, 0.25) is 0 Å². The van der Waals surface area contributed by atoms with E-state index < -0.39 is 86.8 Å². The van der Waals surface area contributed by atoms with E-state index in [0.717, 1.165) is 51.4 Å². The molecule has 0 spiro atoms. The van der Waals surface area contributed by atoms with Gasteiger partial charge in [0.15, 0.2) is 12.6 Å². The summed E-state index contributed by atoms with van der Waals surface area (Å²) >= 11 is 0. The Morgan fingerprint density at radius 3 is 1.42 bits per heavy atom. The van der Waals surface area contributed by atoms with Gasteiger partial charge >= 0.3 is 0 Å². The van der Waals surface area contributed by atoms with E-state index in [2.05, 4.69) is 55.6 Å². The number of nitrogens with one attached hydrogen (secondary N) is 1. The van der Waals surface area contributed by atoms with E-state index in [4.69, 9.17) is 18.9 Å². The number of hydrogen-bond donors (Lipinski definition) is 9. The third-order valence-corrected chi connectivity index (χ3v) is 13.9. The van der Waals surface area contributed by atoms with Gasteiger partial charge in [-0.3, -0.25) is 4.79 Å². The highest BCUT2D eigenvalue weighted by molar-refractivity contribution is 5.76. The van der Waals surface area contributed by atoms with Gasteiger partial charge in [-0.1, -0.05) is 197 Å². The molecule has 0 aromatic heterocycles. The Bertz CT molecular complexity index is 1390. The standard InChI is InChI=1S/C58H105NO13/c1-3-5-7-9-11-13-15-16-17-18-19-20-21-22-23-24-25-26-27-28-29-30-32-34-36-38-40-42-50(63)59-46(47(62)41-39-37-35-33-31-14-12-10-8-6-4-2)45-69-57-55(68)53(66)56(49(44-61)71-57)72-58-54(67)52(65)51(64)48(43-60)70-58/h8,10,18-19,31,33,39,41,46-49,51-58,60-62,64-68H,3-7,9,11-17,20-30,32,34-38,40,42-45H2,1-2H3,(H,59,63)/b10-8+,19-18-,33-31+,41-39+. The van der Waals surface area contributed by atoms with Gasteiger partial charge in [0.1, 0.15) is 48.8 Å². The number of ether oxygens (including phenoxy) is 4. The monoisotopic (exact) mass is 1020 g/mol. The zero-order valence-electron chi connectivity index (χ0n) is 44.9. The molecule has 12 unspecified atom stereocenters. The third kappa shape index (κ3) is 29.9. The molecule has 12 atom stereocenters. The summed E-state index contributed by atoms with van der Waals surface area (Å²) in [5, 5.41) is 86.8. The van der Waals surface area contributed by atoms with E-state index in [1.54, 1.807) is 6.08 Å². The minimum atomic E-state index is -1.79. The number of amides is 1. The Morgan fingerprint density at radius 1 is 0.486 bits per heavy atom. The zero-order valence-corrected chi connectivity index (χ0v) is 44.9. The van der Waals surface area contributed by atoms with Crippen LogP contribution in [0.5, 0.6) is 0 Å². The number of hydrogen-bond acceptors (Lipinski definition) is 13. The molecule has 72 heavy (non-hydrogen) atoms. The van der Waals surface area contributed by atoms with E-state index in [1.165, 1.54) is 135 Å². The Labute approximate surface area is 435 Å². The zero-order chi connectivity index (χ0) is 52.4. The number of carbonyl (C=O) groups excluding carboxylic acids is 1. The number of aliphatic hydroxyl groups is 8. The lowest BCUT2D eigenvalue weighted by atomic mass is 9.97. The quantitative estimate of drug-likeness (QED) is 0.0205. The smallest absolute Gasteiger partial charge is 0.220 e. The summed E-state index contributed by atoms with van der Waals surface area (Å²) in [6.45, 7) is 2.69. The van der Waals surface area contributed by atoms with Crippen molar-refractivity contribution in [2.45, 2.75) is 293 Å². The van der Waals surface area contributed by atoms with Gasteiger partial charge in [0, 0.05) is 6.42 Å². The maximum Gasteiger partial charge on any atom is 0.220 e. The fourth-order valence-corrected chi connectivity index (χ4v) is 9.27. The largest absolute Gasteiger partial charge is 0.394 e. The van der Waals surface area contributed by atoms with Crippen molar-refractivity contribution in [3.63, 3.8) is 0 Å². The topological polar surface area (TPSA) is 228 Å². The van der Waals surface area contributed by atoms with Crippen molar-refractivity contribution in [2.24, 2.45) is 0 Å². The van der Waals surface area contributed by atoms with Gasteiger partial charge in [-0.15, -0.1) is 0 Å². The average molecular weight is 1020 g/mol. The highest BCUT2D eigenvalue weighted by atomic mass is 16.7.